The molecule has 1 heterocycles. The summed E-state index contributed by atoms with van der Waals surface area (Å²) in [6.45, 7) is 4.16. The third kappa shape index (κ3) is 20.2. The van der Waals surface area contributed by atoms with Crippen LogP contribution in [0.2, 0.25) is 0 Å². The van der Waals surface area contributed by atoms with Crippen molar-refractivity contribution in [1.82, 2.24) is 31.6 Å². The van der Waals surface area contributed by atoms with Crippen molar-refractivity contribution in [2.45, 2.75) is 70.5 Å². The van der Waals surface area contributed by atoms with Crippen LogP contribution in [0, 0.1) is 0 Å². The van der Waals surface area contributed by atoms with Crippen molar-refractivity contribution in [1.29, 1.82) is 0 Å². The lowest BCUT2D eigenvalue weighted by molar-refractivity contribution is -0.138. The molecular weight excluding hydrogens is 861 g/mol. The predicted molar refractivity (Wildman–Crippen MR) is 243 cm³/mol. The lowest BCUT2D eigenvalue weighted by Crippen LogP contribution is -2.50. The van der Waals surface area contributed by atoms with Gasteiger partial charge in [0.05, 0.1) is 83.0 Å². The summed E-state index contributed by atoms with van der Waals surface area (Å²) >= 11 is 0. The fourth-order valence-corrected chi connectivity index (χ4v) is 6.71. The number of carbonyl (C=O) groups excluding carboxylic acids is 6. The smallest absolute Gasteiger partial charge is 0.312 e. The average Bonchev–Trinajstić information content (AvgIpc) is 3.27. The van der Waals surface area contributed by atoms with Crippen LogP contribution in [0.1, 0.15) is 68.6 Å². The molecule has 0 aromatic heterocycles. The summed E-state index contributed by atoms with van der Waals surface area (Å²) in [6, 6.07) is 12.9. The Labute approximate surface area is 384 Å². The number of benzene rings is 2. The van der Waals surface area contributed by atoms with Crippen molar-refractivity contribution in [2.75, 3.05) is 84.4 Å². The van der Waals surface area contributed by atoms with Gasteiger partial charge in [-0.1, -0.05) is 42.5 Å². The molecule has 0 saturated carbocycles. The minimum atomic E-state index is -1.17. The van der Waals surface area contributed by atoms with Crippen LogP contribution in [0.5, 0.6) is 0 Å². The molecule has 12 N–H and O–H groups in total. The number of ether oxygens (including phenoxy) is 4. The fraction of sp³-hybridized carbons (Fsp3) is 0.523. The molecule has 0 bridgehead atoms. The van der Waals surface area contributed by atoms with E-state index in [1.165, 1.54) is 5.01 Å². The minimum absolute atomic E-state index is 0.00540. The first-order chi connectivity index (χ1) is 31.7. The van der Waals surface area contributed by atoms with E-state index in [1.54, 1.807) is 18.9 Å². The van der Waals surface area contributed by atoms with E-state index in [-0.39, 0.29) is 103 Å². The van der Waals surface area contributed by atoms with Crippen LogP contribution in [-0.4, -0.2) is 143 Å². The number of nitrogens with zero attached hydrogens (tertiary/aromatic N) is 2. The monoisotopic (exact) mass is 926 g/mol. The summed E-state index contributed by atoms with van der Waals surface area (Å²) in [6.07, 6.45) is 0.458. The predicted octanol–water partition coefficient (Wildman–Crippen LogP) is -0.105. The number of rotatable bonds is 31. The zero-order valence-corrected chi connectivity index (χ0v) is 37.8. The highest BCUT2D eigenvalue weighted by atomic mass is 16.6. The molecule has 0 spiro atoms. The zero-order chi connectivity index (χ0) is 48.3. The summed E-state index contributed by atoms with van der Waals surface area (Å²) in [5, 5.41) is 23.4. The Morgan fingerprint density at radius 1 is 0.712 bits per heavy atom. The molecule has 1 aliphatic heterocycles. The maximum atomic E-state index is 13.6. The van der Waals surface area contributed by atoms with Gasteiger partial charge in [-0.15, -0.1) is 0 Å². The summed E-state index contributed by atoms with van der Waals surface area (Å²) < 4.78 is 21.9. The SMILES string of the molecule is CC(CCCNC(N)=O)NC(=O)CNC(=O)C(CCC(=O)O)NC(=O)CCOCCOCCOCCOCCNC(=O)CCC(=O)N1Cc2ccccc2/C(N)=C(/N(C)N)c2ccccc21. The first-order valence-corrected chi connectivity index (χ1v) is 21.8. The number of hydrogen-bond donors (Lipinski definition) is 9. The molecule has 1 aliphatic rings. The number of nitrogens with two attached hydrogens (primary N) is 3. The summed E-state index contributed by atoms with van der Waals surface area (Å²) in [5.74, 6) is 2.87. The molecule has 364 valence electrons. The molecule has 2 aromatic rings. The Kier molecular flexibility index (Phi) is 24.5. The summed E-state index contributed by atoms with van der Waals surface area (Å²) in [4.78, 5) is 87.2. The molecular formula is C44H66N10O12. The van der Waals surface area contributed by atoms with Crippen LogP contribution < -0.4 is 48.8 Å². The van der Waals surface area contributed by atoms with E-state index in [0.29, 0.717) is 61.9 Å². The van der Waals surface area contributed by atoms with Gasteiger partial charge >= 0.3 is 12.0 Å². The Hall–Kier alpha value is -6.33. The van der Waals surface area contributed by atoms with Gasteiger partial charge in [-0.3, -0.25) is 28.8 Å². The second-order valence-corrected chi connectivity index (χ2v) is 15.2. The maximum Gasteiger partial charge on any atom is 0.312 e. The van der Waals surface area contributed by atoms with Gasteiger partial charge in [-0.2, -0.15) is 0 Å². The highest BCUT2D eigenvalue weighted by Crippen LogP contribution is 2.36. The Balaban J connectivity index is 1.21. The molecule has 0 radical (unpaired) electrons. The van der Waals surface area contributed by atoms with E-state index in [4.69, 9.17) is 41.4 Å². The van der Waals surface area contributed by atoms with E-state index in [2.05, 4.69) is 26.6 Å². The van der Waals surface area contributed by atoms with Crippen LogP contribution in [0.25, 0.3) is 11.4 Å². The number of aliphatic carboxylic acids is 1. The number of para-hydroxylation sites is 1. The van der Waals surface area contributed by atoms with Crippen molar-refractivity contribution in [3.8, 4) is 0 Å². The number of hydrogen-bond acceptors (Lipinski definition) is 14. The van der Waals surface area contributed by atoms with Crippen LogP contribution in [0.3, 0.4) is 0 Å². The van der Waals surface area contributed by atoms with E-state index in [0.717, 1.165) is 11.1 Å². The normalized spacial score (nSPS) is 14.0. The Morgan fingerprint density at radius 2 is 1.33 bits per heavy atom. The van der Waals surface area contributed by atoms with Gasteiger partial charge < -0.3 is 72.0 Å². The van der Waals surface area contributed by atoms with Crippen LogP contribution >= 0.6 is 0 Å². The van der Waals surface area contributed by atoms with E-state index in [9.17, 15) is 33.6 Å². The Morgan fingerprint density at radius 3 is 1.98 bits per heavy atom. The van der Waals surface area contributed by atoms with Crippen molar-refractivity contribution in [2.24, 2.45) is 17.3 Å². The van der Waals surface area contributed by atoms with E-state index in [1.807, 2.05) is 48.5 Å². The number of anilines is 1. The van der Waals surface area contributed by atoms with Crippen LogP contribution in [0.4, 0.5) is 10.5 Å². The van der Waals surface area contributed by atoms with Crippen molar-refractivity contribution < 1.29 is 57.6 Å². The summed E-state index contributed by atoms with van der Waals surface area (Å²) in [5.41, 5.74) is 15.7. The number of nitrogens with one attached hydrogen (secondary N) is 5. The average molecular weight is 927 g/mol. The number of hydrazine groups is 1. The van der Waals surface area contributed by atoms with Crippen molar-refractivity contribution >= 4 is 58.6 Å². The van der Waals surface area contributed by atoms with Crippen molar-refractivity contribution in [3.05, 3.63) is 65.2 Å². The quantitative estimate of drug-likeness (QED) is 0.0271. The van der Waals surface area contributed by atoms with Gasteiger partial charge in [-0.25, -0.2) is 10.6 Å². The number of carboxylic acid groups (broad SMARTS) is 1. The highest BCUT2D eigenvalue weighted by molar-refractivity contribution is 6.02. The van der Waals surface area contributed by atoms with Gasteiger partial charge in [-0.05, 0) is 37.8 Å². The number of carboxylic acids is 1. The van der Waals surface area contributed by atoms with Gasteiger partial charge in [0.25, 0.3) is 0 Å². The molecule has 66 heavy (non-hydrogen) atoms. The van der Waals surface area contributed by atoms with Crippen LogP contribution in [-0.2, 0) is 54.3 Å². The van der Waals surface area contributed by atoms with E-state index >= 15 is 0 Å². The third-order valence-corrected chi connectivity index (χ3v) is 9.96. The molecule has 0 saturated heterocycles. The molecule has 2 atom stereocenters. The van der Waals surface area contributed by atoms with Gasteiger partial charge in [0, 0.05) is 63.0 Å². The molecule has 2 unspecified atom stereocenters. The molecule has 0 aliphatic carbocycles. The van der Waals surface area contributed by atoms with E-state index < -0.39 is 35.8 Å². The largest absolute Gasteiger partial charge is 0.481 e. The standard InChI is InChI=1S/C44H66N10O12/c1-30(8-7-18-49-44(46)62)51-38(57)28-50-43(61)34(13-16-40(59)60)52-37(56)17-20-63-22-24-65-26-27-66-25-23-64-21-19-48-36(55)14-15-39(58)54-29-31-9-3-4-10-32(31)41(45)42(53(2)47)33-11-5-6-12-35(33)54/h3-6,9-12,30,34H,7-8,13-29,45,47H2,1-2H3,(H,48,55)(H,50,61)(H,51,57)(H,52,56)(H,59,60)(H3,46,49,62)/b42-41-. The molecule has 7 amide bonds. The number of carbonyl (C=O) groups is 7. The highest BCUT2D eigenvalue weighted by Gasteiger charge is 2.28. The van der Waals surface area contributed by atoms with Gasteiger partial charge in [0.2, 0.25) is 29.5 Å². The molecule has 2 aromatic carbocycles. The molecule has 22 heteroatoms. The topological polar surface area (TPSA) is 321 Å². The second-order valence-electron chi connectivity index (χ2n) is 15.2. The lowest BCUT2D eigenvalue weighted by atomic mass is 9.95. The molecule has 0 fully saturated rings. The summed E-state index contributed by atoms with van der Waals surface area (Å²) in [7, 11) is 1.69. The number of fused-ring (bicyclic) bond motifs is 2. The molecule has 22 nitrogen and oxygen atoms in total. The minimum Gasteiger partial charge on any atom is -0.481 e. The van der Waals surface area contributed by atoms with Gasteiger partial charge in [0.1, 0.15) is 6.04 Å². The first kappa shape index (κ1) is 54.0. The fourth-order valence-electron chi connectivity index (χ4n) is 6.71. The number of urea groups is 1. The number of primary amides is 1. The lowest BCUT2D eigenvalue weighted by Gasteiger charge is -2.32. The van der Waals surface area contributed by atoms with Gasteiger partial charge in [0.15, 0.2) is 0 Å². The molecule has 3 rings (SSSR count). The van der Waals surface area contributed by atoms with Crippen LogP contribution in [0.15, 0.2) is 48.5 Å². The third-order valence-electron chi connectivity index (χ3n) is 9.96. The zero-order valence-electron chi connectivity index (χ0n) is 37.8. The Bertz CT molecular complexity index is 1950. The van der Waals surface area contributed by atoms with Crippen molar-refractivity contribution in [3.63, 3.8) is 0 Å². The maximum absolute atomic E-state index is 13.6. The number of amides is 7. The first-order valence-electron chi connectivity index (χ1n) is 21.8. The second kappa shape index (κ2) is 30.0.